The van der Waals surface area contributed by atoms with Gasteiger partial charge in [0, 0.05) is 5.54 Å². The molecule has 0 nitrogen and oxygen atoms in total. The summed E-state index contributed by atoms with van der Waals surface area (Å²) in [4.78, 5) is 0. The molecule has 46 heavy (non-hydrogen) atoms. The summed E-state index contributed by atoms with van der Waals surface area (Å²) in [5, 5.41) is 4.63. The second-order valence-electron chi connectivity index (χ2n) is 18.8. The summed E-state index contributed by atoms with van der Waals surface area (Å²) in [6.45, 7) is 42.8. The molecule has 0 fully saturated rings. The summed E-state index contributed by atoms with van der Waals surface area (Å²) in [5.41, 5.74) is 15.0. The van der Waals surface area contributed by atoms with Gasteiger partial charge >= 0.3 is 0 Å². The molecule has 0 bridgehead atoms. The van der Waals surface area contributed by atoms with Crippen LogP contribution in [0.4, 0.5) is 0 Å². The Hall–Kier alpha value is -2.64. The zero-order valence-corrected chi connectivity index (χ0v) is 33.8. The van der Waals surface area contributed by atoms with E-state index in [-0.39, 0.29) is 21.7 Å². The lowest BCUT2D eigenvalue weighted by atomic mass is 9.81. The van der Waals surface area contributed by atoms with Crippen molar-refractivity contribution in [3.05, 3.63) is 110 Å². The minimum Gasteiger partial charge on any atom is -0.0647 e. The lowest BCUT2D eigenvalue weighted by Gasteiger charge is -2.43. The van der Waals surface area contributed by atoms with Gasteiger partial charge in [-0.2, -0.15) is 0 Å². The summed E-state index contributed by atoms with van der Waals surface area (Å²) in [5.74, 6) is 0. The molecule has 0 N–H and O–H groups in total. The summed E-state index contributed by atoms with van der Waals surface area (Å²) >= 11 is 0. The van der Waals surface area contributed by atoms with Crippen molar-refractivity contribution in [2.75, 3.05) is 0 Å². The summed E-state index contributed by atoms with van der Waals surface area (Å²) in [6.07, 6.45) is 0. The molecule has 0 atom stereocenters. The molecule has 0 amide bonds. The molecule has 0 unspecified atom stereocenters. The van der Waals surface area contributed by atoms with Gasteiger partial charge in [0.2, 0.25) is 0 Å². The van der Waals surface area contributed by atoms with E-state index in [9.17, 15) is 0 Å². The lowest BCUT2D eigenvalue weighted by molar-refractivity contribution is 0.569. The molecule has 0 saturated carbocycles. The Labute approximate surface area is 284 Å². The molecule has 1 heteroatoms. The van der Waals surface area contributed by atoms with Crippen molar-refractivity contribution in [2.45, 2.75) is 152 Å². The van der Waals surface area contributed by atoms with E-state index in [1.54, 1.807) is 21.5 Å². The van der Waals surface area contributed by atoms with Crippen LogP contribution in [-0.2, 0) is 21.7 Å². The second-order valence-corrected chi connectivity index (χ2v) is 22.8. The van der Waals surface area contributed by atoms with Gasteiger partial charge in [-0.15, -0.1) is 0 Å². The predicted molar refractivity (Wildman–Crippen MR) is 209 cm³/mol. The maximum absolute atomic E-state index is 2.82. The van der Waals surface area contributed by atoms with E-state index in [4.69, 9.17) is 0 Å². The van der Waals surface area contributed by atoms with E-state index in [2.05, 4.69) is 179 Å². The summed E-state index contributed by atoms with van der Waals surface area (Å²) in [6, 6.07) is 23.1. The van der Waals surface area contributed by atoms with Crippen molar-refractivity contribution in [1.82, 2.24) is 0 Å². The maximum Gasteiger partial charge on any atom is 0.159 e. The van der Waals surface area contributed by atoms with Crippen molar-refractivity contribution >= 4 is 23.6 Å². The number of hydrogen-bond donors (Lipinski definition) is 0. The third-order valence-corrected chi connectivity index (χ3v) is 16.3. The Morgan fingerprint density at radius 3 is 0.891 bits per heavy atom. The SMILES string of the molecule is CC1=C(C)C([Si](c2cc(C)cc(C)c2)(c2cc(C(C)(C)C)cc(C(C)(C)C)c2)c2cc(C(C)(C)C)cc(C(C)(C)C)c2)C(C)=C1C. The van der Waals surface area contributed by atoms with E-state index in [1.807, 2.05) is 0 Å². The van der Waals surface area contributed by atoms with Gasteiger partial charge in [0.05, 0.1) is 0 Å². The highest BCUT2D eigenvalue weighted by molar-refractivity contribution is 7.13. The minimum atomic E-state index is -2.82. The molecule has 1 aliphatic carbocycles. The van der Waals surface area contributed by atoms with E-state index >= 15 is 0 Å². The normalized spacial score (nSPS) is 15.8. The van der Waals surface area contributed by atoms with Crippen LogP contribution < -0.4 is 15.6 Å². The number of benzene rings is 3. The fraction of sp³-hybridized carbons (Fsp3) is 0.511. The highest BCUT2D eigenvalue weighted by atomic mass is 28.3. The van der Waals surface area contributed by atoms with Crippen molar-refractivity contribution in [1.29, 1.82) is 0 Å². The zero-order valence-electron chi connectivity index (χ0n) is 32.8. The van der Waals surface area contributed by atoms with Gasteiger partial charge in [-0.1, -0.05) is 160 Å². The molecule has 0 spiro atoms. The fourth-order valence-electron chi connectivity index (χ4n) is 7.64. The first-order valence-electron chi connectivity index (χ1n) is 17.6. The van der Waals surface area contributed by atoms with Crippen LogP contribution in [0.5, 0.6) is 0 Å². The first kappa shape index (κ1) is 36.2. The molecule has 0 heterocycles. The third-order valence-electron chi connectivity index (χ3n) is 11.0. The molecule has 0 radical (unpaired) electrons. The van der Waals surface area contributed by atoms with Crippen LogP contribution in [0.15, 0.2) is 76.9 Å². The quantitative estimate of drug-likeness (QED) is 0.198. The Morgan fingerprint density at radius 2 is 0.630 bits per heavy atom. The molecule has 248 valence electrons. The lowest BCUT2D eigenvalue weighted by Crippen LogP contribution is -2.70. The van der Waals surface area contributed by atoms with Crippen LogP contribution in [0.3, 0.4) is 0 Å². The number of allylic oxidation sites excluding steroid dienone is 4. The second kappa shape index (κ2) is 11.8. The number of rotatable bonds is 4. The molecule has 3 aromatic rings. The van der Waals surface area contributed by atoms with Gasteiger partial charge in [-0.25, -0.2) is 0 Å². The van der Waals surface area contributed by atoms with Crippen LogP contribution >= 0.6 is 0 Å². The third kappa shape index (κ3) is 6.56. The van der Waals surface area contributed by atoms with E-state index in [0.29, 0.717) is 5.54 Å². The average Bonchev–Trinajstić information content (AvgIpc) is 3.09. The average molecular weight is 633 g/mol. The first-order valence-corrected chi connectivity index (χ1v) is 19.6. The van der Waals surface area contributed by atoms with E-state index < -0.39 is 8.07 Å². The van der Waals surface area contributed by atoms with Crippen LogP contribution in [0.25, 0.3) is 0 Å². The van der Waals surface area contributed by atoms with Gasteiger partial charge in [0.15, 0.2) is 8.07 Å². The van der Waals surface area contributed by atoms with Crippen LogP contribution in [0.2, 0.25) is 5.54 Å². The standard InChI is InChI=1S/C45H64Si/c1-28-19-29(2)21-38(20-28)46(41-32(5)30(3)31(4)33(41)6,39-24-34(42(7,8)9)22-35(25-39)43(10,11)12)40-26-36(44(13,14)15)23-37(27-40)45(16,17)18/h19-27,41H,1-18H3. The smallest absolute Gasteiger partial charge is 0.0647 e. The van der Waals surface area contributed by atoms with Crippen LogP contribution in [-0.4, -0.2) is 8.07 Å². The van der Waals surface area contributed by atoms with Crippen molar-refractivity contribution in [2.24, 2.45) is 0 Å². The van der Waals surface area contributed by atoms with Gasteiger partial charge in [-0.05, 0) is 112 Å². The predicted octanol–water partition coefficient (Wildman–Crippen LogP) is 11.0. The Bertz CT molecular complexity index is 1530. The zero-order chi connectivity index (χ0) is 34.9. The fourth-order valence-corrected chi connectivity index (χ4v) is 13.8. The topological polar surface area (TPSA) is 0 Å². The largest absolute Gasteiger partial charge is 0.159 e. The molecule has 0 saturated heterocycles. The number of hydrogen-bond acceptors (Lipinski definition) is 0. The highest BCUT2D eigenvalue weighted by Crippen LogP contribution is 2.47. The number of aryl methyl sites for hydroxylation is 2. The minimum absolute atomic E-state index is 0.0276. The Kier molecular flexibility index (Phi) is 9.29. The molecule has 1 aliphatic rings. The first-order chi connectivity index (χ1) is 20.8. The molecule has 4 rings (SSSR count). The van der Waals surface area contributed by atoms with Gasteiger partial charge in [0.1, 0.15) is 0 Å². The van der Waals surface area contributed by atoms with Crippen molar-refractivity contribution < 1.29 is 0 Å². The molecule has 0 aliphatic heterocycles. The van der Waals surface area contributed by atoms with Crippen LogP contribution in [0, 0.1) is 13.8 Å². The maximum atomic E-state index is 2.64. The summed E-state index contributed by atoms with van der Waals surface area (Å²) in [7, 11) is -2.82. The Balaban J connectivity index is 2.43. The van der Waals surface area contributed by atoms with Gasteiger partial charge < -0.3 is 0 Å². The van der Waals surface area contributed by atoms with Crippen molar-refractivity contribution in [3.8, 4) is 0 Å². The van der Waals surface area contributed by atoms with Gasteiger partial charge in [-0.3, -0.25) is 0 Å². The van der Waals surface area contributed by atoms with Crippen molar-refractivity contribution in [3.63, 3.8) is 0 Å². The highest BCUT2D eigenvalue weighted by Gasteiger charge is 2.51. The summed E-state index contributed by atoms with van der Waals surface area (Å²) < 4.78 is 0. The van der Waals surface area contributed by atoms with Gasteiger partial charge in [0.25, 0.3) is 0 Å². The molecule has 3 aromatic carbocycles. The Morgan fingerprint density at radius 1 is 0.370 bits per heavy atom. The molecule has 0 aromatic heterocycles. The molecular formula is C45H64Si. The monoisotopic (exact) mass is 632 g/mol. The van der Waals surface area contributed by atoms with E-state index in [0.717, 1.165) is 0 Å². The van der Waals surface area contributed by atoms with Crippen LogP contribution in [0.1, 0.15) is 144 Å². The van der Waals surface area contributed by atoms with E-state index in [1.165, 1.54) is 49.7 Å². The molecular weight excluding hydrogens is 569 g/mol.